The standard InChI is InChI=1S/C21H13ClF3NO5S/c1-30-20-15(22)5-10-6-19(20)32(28,29)26-18-7-14(16(24)8-17(18)25)13-3-2-12(23)4-11(13)9-31-21(10)27/h2-8,26H,9H2,1H3. The fourth-order valence-electron chi connectivity index (χ4n) is 3.29. The van der Waals surface area contributed by atoms with Crippen LogP contribution in [0.2, 0.25) is 5.02 Å². The second kappa shape index (κ2) is 8.03. The van der Waals surface area contributed by atoms with Gasteiger partial charge in [-0.1, -0.05) is 17.7 Å². The fraction of sp³-hybridized carbons (Fsp3) is 0.0952. The van der Waals surface area contributed by atoms with E-state index in [0.717, 1.165) is 37.4 Å². The Labute approximate surface area is 185 Å². The zero-order valence-electron chi connectivity index (χ0n) is 16.2. The van der Waals surface area contributed by atoms with Crippen LogP contribution in [0.25, 0.3) is 11.1 Å². The van der Waals surface area contributed by atoms with Crippen LogP contribution in [0.1, 0.15) is 15.9 Å². The first-order valence-electron chi connectivity index (χ1n) is 8.96. The SMILES string of the molecule is COc1c(Cl)cc2cc1S(=O)(=O)Nc1cc(c(F)cc1F)-c1ccc(F)cc1COC2=O. The van der Waals surface area contributed by atoms with E-state index >= 15 is 0 Å². The average molecular weight is 484 g/mol. The predicted molar refractivity (Wildman–Crippen MR) is 110 cm³/mol. The van der Waals surface area contributed by atoms with E-state index < -0.39 is 50.6 Å². The molecule has 1 heterocycles. The van der Waals surface area contributed by atoms with Gasteiger partial charge >= 0.3 is 5.97 Å². The molecule has 4 bridgehead atoms. The van der Waals surface area contributed by atoms with Crippen molar-refractivity contribution in [3.63, 3.8) is 0 Å². The van der Waals surface area contributed by atoms with E-state index in [2.05, 4.69) is 0 Å². The first-order chi connectivity index (χ1) is 15.1. The first kappa shape index (κ1) is 22.0. The van der Waals surface area contributed by atoms with Crippen molar-refractivity contribution in [1.82, 2.24) is 0 Å². The van der Waals surface area contributed by atoms with Gasteiger partial charge in [0.05, 0.1) is 23.4 Å². The van der Waals surface area contributed by atoms with E-state index in [0.29, 0.717) is 6.07 Å². The van der Waals surface area contributed by atoms with Gasteiger partial charge in [-0.3, -0.25) is 4.72 Å². The molecule has 1 aliphatic rings. The number of carbonyl (C=O) groups is 1. The molecule has 0 aromatic heterocycles. The normalized spacial score (nSPS) is 14.7. The van der Waals surface area contributed by atoms with Gasteiger partial charge < -0.3 is 9.47 Å². The summed E-state index contributed by atoms with van der Waals surface area (Å²) in [6, 6.07) is 6.78. The van der Waals surface area contributed by atoms with Gasteiger partial charge in [0.15, 0.2) is 5.75 Å². The molecule has 1 aliphatic heterocycles. The lowest BCUT2D eigenvalue weighted by Crippen LogP contribution is -2.16. The Hall–Kier alpha value is -3.24. The van der Waals surface area contributed by atoms with Gasteiger partial charge in [0.2, 0.25) is 0 Å². The maximum Gasteiger partial charge on any atom is 0.338 e. The van der Waals surface area contributed by atoms with Gasteiger partial charge in [-0.05, 0) is 35.9 Å². The number of sulfonamides is 1. The van der Waals surface area contributed by atoms with Crippen molar-refractivity contribution >= 4 is 33.3 Å². The van der Waals surface area contributed by atoms with E-state index in [-0.39, 0.29) is 33.0 Å². The Morgan fingerprint density at radius 1 is 1.03 bits per heavy atom. The molecule has 0 saturated heterocycles. The van der Waals surface area contributed by atoms with E-state index in [1.54, 1.807) is 0 Å². The molecule has 166 valence electrons. The largest absolute Gasteiger partial charge is 0.494 e. The summed E-state index contributed by atoms with van der Waals surface area (Å²) < 4.78 is 81.3. The highest BCUT2D eigenvalue weighted by Crippen LogP contribution is 2.37. The van der Waals surface area contributed by atoms with Crippen LogP contribution in [-0.2, 0) is 21.4 Å². The first-order valence-corrected chi connectivity index (χ1v) is 10.8. The van der Waals surface area contributed by atoms with E-state index in [4.69, 9.17) is 21.1 Å². The van der Waals surface area contributed by atoms with E-state index in [1.807, 2.05) is 4.72 Å². The summed E-state index contributed by atoms with van der Waals surface area (Å²) in [7, 11) is -3.40. The zero-order valence-corrected chi connectivity index (χ0v) is 17.8. The molecule has 3 aromatic carbocycles. The summed E-state index contributed by atoms with van der Waals surface area (Å²) in [6.45, 7) is -0.475. The van der Waals surface area contributed by atoms with Crippen LogP contribution >= 0.6 is 11.6 Å². The summed E-state index contributed by atoms with van der Waals surface area (Å²) in [5.41, 5.74) is -0.889. The molecular formula is C21H13ClF3NO5S. The number of carbonyl (C=O) groups excluding carboxylic acids is 1. The van der Waals surface area contributed by atoms with Crippen molar-refractivity contribution in [3.8, 4) is 16.9 Å². The number of methoxy groups -OCH3 is 1. The fourth-order valence-corrected chi connectivity index (χ4v) is 4.92. The van der Waals surface area contributed by atoms with Gasteiger partial charge in [0.25, 0.3) is 10.0 Å². The number of ether oxygens (including phenoxy) is 2. The highest BCUT2D eigenvalue weighted by atomic mass is 35.5. The molecule has 6 nitrogen and oxygen atoms in total. The summed E-state index contributed by atoms with van der Waals surface area (Å²) in [6.07, 6.45) is 0. The number of nitrogens with one attached hydrogen (secondary N) is 1. The molecule has 0 fully saturated rings. The summed E-state index contributed by atoms with van der Waals surface area (Å²) in [5, 5.41) is -0.219. The lowest BCUT2D eigenvalue weighted by atomic mass is 9.98. The summed E-state index contributed by atoms with van der Waals surface area (Å²) >= 11 is 6.09. The van der Waals surface area contributed by atoms with Crippen LogP contribution in [0.15, 0.2) is 47.4 Å². The predicted octanol–water partition coefficient (Wildman–Crippen LogP) is 4.90. The monoisotopic (exact) mass is 483 g/mol. The third-order valence-corrected chi connectivity index (χ3v) is 6.41. The number of hydrogen-bond acceptors (Lipinski definition) is 5. The van der Waals surface area contributed by atoms with Crippen LogP contribution in [0.4, 0.5) is 18.9 Å². The molecule has 4 rings (SSSR count). The van der Waals surface area contributed by atoms with Gasteiger partial charge in [0.1, 0.15) is 29.0 Å². The Bertz CT molecular complexity index is 1380. The number of cyclic esters (lactones) is 1. The molecule has 0 radical (unpaired) electrons. The van der Waals surface area contributed by atoms with Crippen LogP contribution < -0.4 is 9.46 Å². The van der Waals surface area contributed by atoms with Gasteiger partial charge in [0, 0.05) is 17.2 Å². The molecule has 0 spiro atoms. The molecule has 32 heavy (non-hydrogen) atoms. The number of hydrogen-bond donors (Lipinski definition) is 1. The van der Waals surface area contributed by atoms with Gasteiger partial charge in [-0.2, -0.15) is 0 Å². The minimum absolute atomic E-state index is 0.0803. The highest BCUT2D eigenvalue weighted by molar-refractivity contribution is 7.92. The Morgan fingerprint density at radius 2 is 1.78 bits per heavy atom. The third-order valence-electron chi connectivity index (χ3n) is 4.76. The van der Waals surface area contributed by atoms with E-state index in [9.17, 15) is 26.4 Å². The number of halogens is 4. The topological polar surface area (TPSA) is 81.7 Å². The van der Waals surface area contributed by atoms with Crippen LogP contribution in [0, 0.1) is 17.5 Å². The molecule has 11 heteroatoms. The quantitative estimate of drug-likeness (QED) is 0.498. The Kier molecular flexibility index (Phi) is 5.51. The molecule has 1 N–H and O–H groups in total. The molecule has 0 saturated carbocycles. The van der Waals surface area contributed by atoms with Crippen molar-refractivity contribution in [2.75, 3.05) is 11.8 Å². The maximum absolute atomic E-state index is 14.6. The smallest absolute Gasteiger partial charge is 0.338 e. The summed E-state index contributed by atoms with van der Waals surface area (Å²) in [5.74, 6) is -4.16. The van der Waals surface area contributed by atoms with Crippen molar-refractivity contribution < 1.29 is 35.9 Å². The minimum Gasteiger partial charge on any atom is -0.494 e. The van der Waals surface area contributed by atoms with Crippen molar-refractivity contribution in [2.45, 2.75) is 11.5 Å². The second-order valence-electron chi connectivity index (χ2n) is 6.78. The van der Waals surface area contributed by atoms with Crippen LogP contribution in [0.5, 0.6) is 5.75 Å². The number of esters is 1. The Morgan fingerprint density at radius 3 is 2.50 bits per heavy atom. The molecule has 0 aliphatic carbocycles. The maximum atomic E-state index is 14.6. The molecule has 0 amide bonds. The number of fused-ring (bicyclic) bond motifs is 6. The van der Waals surface area contributed by atoms with E-state index in [1.165, 1.54) is 6.07 Å². The highest BCUT2D eigenvalue weighted by Gasteiger charge is 2.28. The van der Waals surface area contributed by atoms with Crippen molar-refractivity contribution in [3.05, 3.63) is 76.1 Å². The van der Waals surface area contributed by atoms with Crippen LogP contribution in [-0.4, -0.2) is 21.5 Å². The Balaban J connectivity index is 2.02. The minimum atomic E-state index is -4.56. The van der Waals surface area contributed by atoms with Crippen molar-refractivity contribution in [1.29, 1.82) is 0 Å². The number of benzene rings is 3. The average Bonchev–Trinajstić information content (AvgIpc) is 2.73. The van der Waals surface area contributed by atoms with Crippen molar-refractivity contribution in [2.24, 2.45) is 0 Å². The lowest BCUT2D eigenvalue weighted by molar-refractivity contribution is 0.0472. The molecule has 3 aromatic rings. The third kappa shape index (κ3) is 3.87. The van der Waals surface area contributed by atoms with Crippen LogP contribution in [0.3, 0.4) is 0 Å². The lowest BCUT2D eigenvalue weighted by Gasteiger charge is -2.15. The number of rotatable bonds is 1. The molecule has 0 unspecified atom stereocenters. The molecular weight excluding hydrogens is 471 g/mol. The second-order valence-corrected chi connectivity index (χ2v) is 8.84. The summed E-state index contributed by atoms with van der Waals surface area (Å²) in [4.78, 5) is 12.0. The van der Waals surface area contributed by atoms with Gasteiger partial charge in [-0.15, -0.1) is 0 Å². The zero-order chi connectivity index (χ0) is 23.2. The van der Waals surface area contributed by atoms with Gasteiger partial charge in [-0.25, -0.2) is 26.4 Å². The number of anilines is 1. The molecule has 0 atom stereocenters.